The van der Waals surface area contributed by atoms with E-state index in [2.05, 4.69) is 5.32 Å². The van der Waals surface area contributed by atoms with Crippen molar-refractivity contribution in [3.05, 3.63) is 0 Å². The van der Waals surface area contributed by atoms with Crippen LogP contribution < -0.4 is 5.32 Å². The van der Waals surface area contributed by atoms with Crippen LogP contribution in [0.3, 0.4) is 0 Å². The number of nitrogens with zero attached hydrogens (tertiary/aromatic N) is 1. The lowest BCUT2D eigenvalue weighted by molar-refractivity contribution is -0.160. The summed E-state index contributed by atoms with van der Waals surface area (Å²) >= 11 is 0. The van der Waals surface area contributed by atoms with Gasteiger partial charge in [0, 0.05) is 6.61 Å². The lowest BCUT2D eigenvalue weighted by atomic mass is 9.86. The molecule has 0 radical (unpaired) electrons. The van der Waals surface area contributed by atoms with Gasteiger partial charge >= 0.3 is 0 Å². The molecule has 2 saturated heterocycles. The predicted octanol–water partition coefficient (Wildman–Crippen LogP) is 1.32. The van der Waals surface area contributed by atoms with Gasteiger partial charge in [0.2, 0.25) is 11.8 Å². The Hall–Kier alpha value is -1.10. The van der Waals surface area contributed by atoms with E-state index in [9.17, 15) is 9.59 Å². The van der Waals surface area contributed by atoms with E-state index in [0.29, 0.717) is 13.0 Å². The third kappa shape index (κ3) is 2.22. The van der Waals surface area contributed by atoms with E-state index >= 15 is 0 Å². The summed E-state index contributed by atoms with van der Waals surface area (Å²) in [7, 11) is 0. The minimum absolute atomic E-state index is 0.0336. The van der Waals surface area contributed by atoms with Gasteiger partial charge in [-0.05, 0) is 32.6 Å². The Morgan fingerprint density at radius 3 is 2.55 bits per heavy atom. The minimum Gasteiger partial charge on any atom is -0.376 e. The lowest BCUT2D eigenvalue weighted by Gasteiger charge is -2.49. The van der Waals surface area contributed by atoms with Crippen LogP contribution in [0.15, 0.2) is 0 Å². The van der Waals surface area contributed by atoms with Crippen molar-refractivity contribution in [2.24, 2.45) is 5.92 Å². The first-order chi connectivity index (χ1) is 9.32. The molecule has 2 fully saturated rings. The van der Waals surface area contributed by atoms with Gasteiger partial charge < -0.3 is 15.0 Å². The average Bonchev–Trinajstić information content (AvgIpc) is 2.71. The second-order valence-corrected chi connectivity index (χ2v) is 6.48. The Labute approximate surface area is 121 Å². The zero-order chi connectivity index (χ0) is 15.1. The predicted molar refractivity (Wildman–Crippen MR) is 76.1 cm³/mol. The number of hydrogen-bond acceptors (Lipinski definition) is 3. The number of carbonyl (C=O) groups is 2. The second kappa shape index (κ2) is 5.35. The first-order valence-corrected chi connectivity index (χ1v) is 7.58. The third-order valence-electron chi connectivity index (χ3n) is 4.87. The number of hydrogen-bond donors (Lipinski definition) is 1. The van der Waals surface area contributed by atoms with Gasteiger partial charge in [-0.15, -0.1) is 0 Å². The Balaban J connectivity index is 2.39. The molecule has 2 amide bonds. The highest BCUT2D eigenvalue weighted by Gasteiger charge is 2.52. The quantitative estimate of drug-likeness (QED) is 0.849. The molecule has 0 spiro atoms. The van der Waals surface area contributed by atoms with Gasteiger partial charge in [-0.3, -0.25) is 9.59 Å². The summed E-state index contributed by atoms with van der Waals surface area (Å²) in [5.41, 5.74) is -0.386. The van der Waals surface area contributed by atoms with Crippen molar-refractivity contribution in [2.45, 2.75) is 71.2 Å². The molecule has 0 aromatic heterocycles. The fraction of sp³-hybridized carbons (Fsp3) is 0.867. The van der Waals surface area contributed by atoms with Crippen LogP contribution in [0.4, 0.5) is 0 Å². The molecule has 20 heavy (non-hydrogen) atoms. The molecule has 2 heterocycles. The fourth-order valence-corrected chi connectivity index (χ4v) is 3.30. The van der Waals surface area contributed by atoms with E-state index in [1.165, 1.54) is 0 Å². The molecule has 5 heteroatoms. The number of ether oxygens (including phenoxy) is 1. The highest BCUT2D eigenvalue weighted by Crippen LogP contribution is 2.36. The van der Waals surface area contributed by atoms with Crippen molar-refractivity contribution in [1.82, 2.24) is 10.2 Å². The van der Waals surface area contributed by atoms with Crippen molar-refractivity contribution in [3.63, 3.8) is 0 Å². The van der Waals surface area contributed by atoms with Crippen LogP contribution in [0.5, 0.6) is 0 Å². The Morgan fingerprint density at radius 1 is 1.45 bits per heavy atom. The van der Waals surface area contributed by atoms with E-state index < -0.39 is 6.04 Å². The highest BCUT2D eigenvalue weighted by atomic mass is 16.5. The summed E-state index contributed by atoms with van der Waals surface area (Å²) in [5.74, 6) is 0.0883. The molecule has 4 atom stereocenters. The van der Waals surface area contributed by atoms with Gasteiger partial charge in [0.1, 0.15) is 12.1 Å². The first kappa shape index (κ1) is 15.3. The van der Waals surface area contributed by atoms with Crippen LogP contribution in [-0.2, 0) is 14.3 Å². The van der Waals surface area contributed by atoms with Crippen LogP contribution in [0.2, 0.25) is 0 Å². The van der Waals surface area contributed by atoms with E-state index in [-0.39, 0.29) is 35.4 Å². The molecule has 5 nitrogen and oxygen atoms in total. The molecule has 2 aliphatic rings. The zero-order valence-electron chi connectivity index (χ0n) is 13.1. The van der Waals surface area contributed by atoms with Crippen LogP contribution in [-0.4, -0.2) is 47.0 Å². The highest BCUT2D eigenvalue weighted by molar-refractivity contribution is 5.97. The number of nitrogens with one attached hydrogen (secondary N) is 1. The zero-order valence-corrected chi connectivity index (χ0v) is 13.1. The van der Waals surface area contributed by atoms with Crippen molar-refractivity contribution in [2.75, 3.05) is 6.61 Å². The van der Waals surface area contributed by atoms with Crippen LogP contribution >= 0.6 is 0 Å². The molecule has 114 valence electrons. The molecular weight excluding hydrogens is 256 g/mol. The molecule has 1 N–H and O–H groups in total. The SMILES string of the molecule is CCC1C(=O)NC(C(C)C)C(=O)N1C1(C)CCOC1C. The molecule has 4 unspecified atom stereocenters. The molecule has 2 rings (SSSR count). The summed E-state index contributed by atoms with van der Waals surface area (Å²) in [4.78, 5) is 27.0. The molecule has 0 aliphatic carbocycles. The van der Waals surface area contributed by atoms with E-state index in [1.54, 1.807) is 0 Å². The molecule has 0 aromatic carbocycles. The summed E-state index contributed by atoms with van der Waals surface area (Å²) in [5, 5.41) is 2.88. The molecular formula is C15H26N2O3. The van der Waals surface area contributed by atoms with Crippen LogP contribution in [0.25, 0.3) is 0 Å². The number of rotatable bonds is 3. The third-order valence-corrected chi connectivity index (χ3v) is 4.87. The maximum atomic E-state index is 12.9. The van der Waals surface area contributed by atoms with Gasteiger partial charge in [0.15, 0.2) is 0 Å². The Bertz CT molecular complexity index is 410. The van der Waals surface area contributed by atoms with Gasteiger partial charge in [-0.25, -0.2) is 0 Å². The van der Waals surface area contributed by atoms with Crippen LogP contribution in [0.1, 0.15) is 47.5 Å². The summed E-state index contributed by atoms with van der Waals surface area (Å²) in [6, 6.07) is -0.804. The standard InChI is InChI=1S/C15H26N2O3/c1-6-11-13(18)16-12(9(2)3)14(19)17(11)15(5)7-8-20-10(15)4/h9-12H,6-8H2,1-5H3,(H,16,18). The smallest absolute Gasteiger partial charge is 0.246 e. The van der Waals surface area contributed by atoms with E-state index in [0.717, 1.165) is 6.42 Å². The normalized spacial score (nSPS) is 38.5. The minimum atomic E-state index is -0.421. The molecule has 0 bridgehead atoms. The number of piperazine rings is 1. The van der Waals surface area contributed by atoms with Crippen molar-refractivity contribution >= 4 is 11.8 Å². The molecule has 0 saturated carbocycles. The average molecular weight is 282 g/mol. The van der Waals surface area contributed by atoms with Crippen LogP contribution in [0, 0.1) is 5.92 Å². The van der Waals surface area contributed by atoms with Gasteiger partial charge in [0.25, 0.3) is 0 Å². The van der Waals surface area contributed by atoms with Gasteiger partial charge in [0.05, 0.1) is 11.6 Å². The summed E-state index contributed by atoms with van der Waals surface area (Å²) in [6.07, 6.45) is 1.37. The lowest BCUT2D eigenvalue weighted by Crippen LogP contribution is -2.71. The number of carbonyl (C=O) groups excluding carboxylic acids is 2. The summed E-state index contributed by atoms with van der Waals surface area (Å²) < 4.78 is 5.67. The Morgan fingerprint density at radius 2 is 2.10 bits per heavy atom. The second-order valence-electron chi connectivity index (χ2n) is 6.48. The summed E-state index contributed by atoms with van der Waals surface area (Å²) in [6.45, 7) is 10.6. The van der Waals surface area contributed by atoms with E-state index in [1.807, 2.05) is 39.5 Å². The number of amides is 2. The topological polar surface area (TPSA) is 58.6 Å². The van der Waals surface area contributed by atoms with Gasteiger partial charge in [-0.2, -0.15) is 0 Å². The van der Waals surface area contributed by atoms with Crippen molar-refractivity contribution in [1.29, 1.82) is 0 Å². The maximum Gasteiger partial charge on any atom is 0.246 e. The fourth-order valence-electron chi connectivity index (χ4n) is 3.30. The molecule has 0 aromatic rings. The Kier molecular flexibility index (Phi) is 4.09. The monoisotopic (exact) mass is 282 g/mol. The largest absolute Gasteiger partial charge is 0.376 e. The van der Waals surface area contributed by atoms with Crippen molar-refractivity contribution in [3.8, 4) is 0 Å². The van der Waals surface area contributed by atoms with E-state index in [4.69, 9.17) is 4.74 Å². The van der Waals surface area contributed by atoms with Gasteiger partial charge in [-0.1, -0.05) is 20.8 Å². The maximum absolute atomic E-state index is 12.9. The first-order valence-electron chi connectivity index (χ1n) is 7.58. The molecule has 2 aliphatic heterocycles. The van der Waals surface area contributed by atoms with Crippen molar-refractivity contribution < 1.29 is 14.3 Å².